The Balaban J connectivity index is 1.74. The number of pyridine rings is 2. The van der Waals surface area contributed by atoms with Gasteiger partial charge in [-0.05, 0) is 26.0 Å². The maximum Gasteiger partial charge on any atom is 0.417 e. The lowest BCUT2D eigenvalue weighted by molar-refractivity contribution is -0.137. The molecule has 0 aliphatic carbocycles. The minimum absolute atomic E-state index is 0.0152. The van der Waals surface area contributed by atoms with Gasteiger partial charge in [0.2, 0.25) is 5.88 Å². The van der Waals surface area contributed by atoms with Crippen LogP contribution in [0.2, 0.25) is 5.02 Å². The van der Waals surface area contributed by atoms with Crippen molar-refractivity contribution in [1.29, 1.82) is 0 Å². The average Bonchev–Trinajstić information content (AvgIpc) is 3.27. The summed E-state index contributed by atoms with van der Waals surface area (Å²) < 4.78 is 43.4. The van der Waals surface area contributed by atoms with E-state index in [0.29, 0.717) is 12.7 Å². The molecular formula is C19H18ClF3N6O2. The van der Waals surface area contributed by atoms with Crippen LogP contribution < -0.4 is 4.74 Å². The van der Waals surface area contributed by atoms with Gasteiger partial charge >= 0.3 is 6.18 Å². The van der Waals surface area contributed by atoms with Crippen molar-refractivity contribution in [3.63, 3.8) is 0 Å². The number of hydrogen-bond acceptors (Lipinski definition) is 6. The van der Waals surface area contributed by atoms with Gasteiger partial charge in [0.1, 0.15) is 6.61 Å². The van der Waals surface area contributed by atoms with Crippen molar-refractivity contribution in [3.8, 4) is 11.7 Å². The van der Waals surface area contributed by atoms with Gasteiger partial charge in [-0.3, -0.25) is 4.79 Å². The average molecular weight is 455 g/mol. The Morgan fingerprint density at radius 3 is 2.52 bits per heavy atom. The molecule has 12 heteroatoms. The van der Waals surface area contributed by atoms with Crippen molar-refractivity contribution >= 4 is 17.5 Å². The predicted octanol–water partition coefficient (Wildman–Crippen LogP) is 3.66. The normalized spacial score (nSPS) is 12.5. The summed E-state index contributed by atoms with van der Waals surface area (Å²) in [5.74, 6) is -0.133. The fourth-order valence-electron chi connectivity index (χ4n) is 2.81. The molecule has 0 aliphatic heterocycles. The van der Waals surface area contributed by atoms with E-state index < -0.39 is 17.8 Å². The van der Waals surface area contributed by atoms with E-state index in [1.165, 1.54) is 34.4 Å². The molecule has 3 heterocycles. The number of carbonyl (C=O) groups is 1. The van der Waals surface area contributed by atoms with Crippen molar-refractivity contribution in [2.45, 2.75) is 26.1 Å². The minimum atomic E-state index is -4.48. The first kappa shape index (κ1) is 22.5. The third-order valence-corrected chi connectivity index (χ3v) is 4.55. The highest BCUT2D eigenvalue weighted by Gasteiger charge is 2.31. The summed E-state index contributed by atoms with van der Waals surface area (Å²) in [6.45, 7) is 3.88. The highest BCUT2D eigenvalue weighted by Crippen LogP contribution is 2.29. The first-order chi connectivity index (χ1) is 14.7. The van der Waals surface area contributed by atoms with Gasteiger partial charge < -0.3 is 9.64 Å². The Bertz CT molecular complexity index is 1030. The van der Waals surface area contributed by atoms with Crippen LogP contribution in [0.3, 0.4) is 0 Å². The molecule has 0 aromatic carbocycles. The monoisotopic (exact) mass is 454 g/mol. The second-order valence-electron chi connectivity index (χ2n) is 6.48. The van der Waals surface area contributed by atoms with Crippen molar-refractivity contribution in [2.24, 2.45) is 0 Å². The first-order valence-corrected chi connectivity index (χ1v) is 9.57. The molecule has 0 spiro atoms. The summed E-state index contributed by atoms with van der Waals surface area (Å²) in [6.07, 6.45) is 0.515. The van der Waals surface area contributed by atoms with Crippen LogP contribution in [0.5, 0.6) is 5.88 Å². The maximum absolute atomic E-state index is 13.2. The van der Waals surface area contributed by atoms with Gasteiger partial charge in [-0.1, -0.05) is 11.6 Å². The molecule has 0 N–H and O–H groups in total. The number of carbonyl (C=O) groups excluding carboxylic acids is 1. The van der Waals surface area contributed by atoms with E-state index in [9.17, 15) is 18.0 Å². The van der Waals surface area contributed by atoms with Crippen LogP contribution in [0.4, 0.5) is 13.2 Å². The molecule has 3 aromatic rings. The third-order valence-electron chi connectivity index (χ3n) is 4.34. The molecule has 1 atom stereocenters. The van der Waals surface area contributed by atoms with Gasteiger partial charge in [0.05, 0.1) is 34.6 Å². The topological polar surface area (TPSA) is 86.0 Å². The highest BCUT2D eigenvalue weighted by molar-refractivity contribution is 6.30. The van der Waals surface area contributed by atoms with E-state index in [-0.39, 0.29) is 34.8 Å². The summed E-state index contributed by atoms with van der Waals surface area (Å²) >= 11 is 6.04. The number of rotatable bonds is 7. The Labute approximate surface area is 180 Å². The molecule has 0 bridgehead atoms. The highest BCUT2D eigenvalue weighted by atomic mass is 35.5. The lowest BCUT2D eigenvalue weighted by Gasteiger charge is -2.28. The third kappa shape index (κ3) is 5.29. The number of aromatic nitrogens is 5. The van der Waals surface area contributed by atoms with E-state index in [1.54, 1.807) is 13.8 Å². The molecule has 0 radical (unpaired) electrons. The van der Waals surface area contributed by atoms with Crippen LogP contribution >= 0.6 is 11.6 Å². The number of alkyl halides is 3. The molecule has 0 unspecified atom stereocenters. The zero-order valence-electron chi connectivity index (χ0n) is 16.5. The Kier molecular flexibility index (Phi) is 6.74. The molecule has 31 heavy (non-hydrogen) atoms. The summed E-state index contributed by atoms with van der Waals surface area (Å²) in [5.41, 5.74) is -0.670. The largest absolute Gasteiger partial charge is 0.475 e. The smallest absolute Gasteiger partial charge is 0.417 e. The van der Waals surface area contributed by atoms with Gasteiger partial charge in [0.15, 0.2) is 5.82 Å². The number of likely N-dealkylation sites (N-methyl/N-ethyl adjacent to an activating group) is 1. The summed E-state index contributed by atoms with van der Waals surface area (Å²) in [7, 11) is 0. The Morgan fingerprint density at radius 1 is 1.23 bits per heavy atom. The van der Waals surface area contributed by atoms with Gasteiger partial charge in [-0.2, -0.15) is 23.4 Å². The van der Waals surface area contributed by atoms with Crippen molar-refractivity contribution in [1.82, 2.24) is 29.9 Å². The van der Waals surface area contributed by atoms with Crippen LogP contribution in [-0.2, 0) is 6.18 Å². The summed E-state index contributed by atoms with van der Waals surface area (Å²) in [4.78, 5) is 23.8. The van der Waals surface area contributed by atoms with E-state index in [4.69, 9.17) is 16.3 Å². The number of halogens is 4. The fourth-order valence-corrected chi connectivity index (χ4v) is 2.97. The van der Waals surface area contributed by atoms with Gasteiger partial charge in [0.25, 0.3) is 5.91 Å². The Morgan fingerprint density at radius 2 is 1.94 bits per heavy atom. The minimum Gasteiger partial charge on any atom is -0.475 e. The number of amides is 1. The zero-order chi connectivity index (χ0) is 22.6. The molecule has 0 saturated carbocycles. The number of nitrogens with zero attached hydrogens (tertiary/aromatic N) is 6. The second kappa shape index (κ2) is 9.29. The standard InChI is InChI=1S/C19H18ClF3N6O2/c1-3-28(12(2)11-31-16-5-4-13(9-24-16)19(21,22)23)18(30)15-8-14(20)10-25-17(15)29-26-6-7-27-29/h4-10,12H,3,11H2,1-2H3/t12-/m0/s1. The van der Waals surface area contributed by atoms with Crippen LogP contribution in [0, 0.1) is 0 Å². The SMILES string of the molecule is CCN(C(=O)c1cc(Cl)cnc1-n1nccn1)[C@@H](C)COc1ccc(C(F)(F)F)cn1. The second-order valence-corrected chi connectivity index (χ2v) is 6.91. The molecule has 0 fully saturated rings. The fraction of sp³-hybridized carbons (Fsp3) is 0.316. The maximum atomic E-state index is 13.2. The molecule has 3 aromatic heterocycles. The molecular weight excluding hydrogens is 437 g/mol. The quantitative estimate of drug-likeness (QED) is 0.541. The molecule has 8 nitrogen and oxygen atoms in total. The van der Waals surface area contributed by atoms with Crippen LogP contribution in [-0.4, -0.2) is 55.0 Å². The lowest BCUT2D eigenvalue weighted by Crippen LogP contribution is -2.42. The number of ether oxygens (including phenoxy) is 1. The van der Waals surface area contributed by atoms with Gasteiger partial charge in [-0.15, -0.1) is 4.80 Å². The van der Waals surface area contributed by atoms with Gasteiger partial charge in [-0.25, -0.2) is 9.97 Å². The Hall–Kier alpha value is -3.21. The van der Waals surface area contributed by atoms with Gasteiger partial charge in [0, 0.05) is 25.0 Å². The lowest BCUT2D eigenvalue weighted by atomic mass is 10.2. The number of hydrogen-bond donors (Lipinski definition) is 0. The predicted molar refractivity (Wildman–Crippen MR) is 105 cm³/mol. The molecule has 164 valence electrons. The van der Waals surface area contributed by atoms with E-state index in [0.717, 1.165) is 12.1 Å². The van der Waals surface area contributed by atoms with Crippen LogP contribution in [0.15, 0.2) is 43.0 Å². The van der Waals surface area contributed by atoms with Crippen LogP contribution in [0.1, 0.15) is 29.8 Å². The summed E-state index contributed by atoms with van der Waals surface area (Å²) in [6, 6.07) is 3.06. The van der Waals surface area contributed by atoms with Crippen molar-refractivity contribution in [2.75, 3.05) is 13.2 Å². The van der Waals surface area contributed by atoms with E-state index in [2.05, 4.69) is 20.2 Å². The molecule has 1 amide bonds. The van der Waals surface area contributed by atoms with Crippen molar-refractivity contribution < 1.29 is 22.7 Å². The van der Waals surface area contributed by atoms with E-state index >= 15 is 0 Å². The molecule has 3 rings (SSSR count). The molecule has 0 saturated heterocycles. The summed E-state index contributed by atoms with van der Waals surface area (Å²) in [5, 5.41) is 8.28. The molecule has 0 aliphatic rings. The van der Waals surface area contributed by atoms with Crippen LogP contribution in [0.25, 0.3) is 5.82 Å². The zero-order valence-corrected chi connectivity index (χ0v) is 17.3. The van der Waals surface area contributed by atoms with E-state index in [1.807, 2.05) is 0 Å². The van der Waals surface area contributed by atoms with Crippen molar-refractivity contribution in [3.05, 3.63) is 59.1 Å². The first-order valence-electron chi connectivity index (χ1n) is 9.20.